The summed E-state index contributed by atoms with van der Waals surface area (Å²) in [4.78, 5) is 0. The molecule has 0 radical (unpaired) electrons. The van der Waals surface area contributed by atoms with Gasteiger partial charge in [0.2, 0.25) is 0 Å². The van der Waals surface area contributed by atoms with Crippen molar-refractivity contribution in [1.82, 2.24) is 0 Å². The van der Waals surface area contributed by atoms with Crippen LogP contribution in [0.2, 0.25) is 0 Å². The molecule has 2 rings (SSSR count). The van der Waals surface area contributed by atoms with Crippen molar-refractivity contribution in [3.8, 4) is 23.0 Å². The molecule has 2 aromatic rings. The van der Waals surface area contributed by atoms with Gasteiger partial charge in [0.1, 0.15) is 0 Å². The third-order valence-corrected chi connectivity index (χ3v) is 3.69. The van der Waals surface area contributed by atoms with Gasteiger partial charge >= 0.3 is 0 Å². The largest absolute Gasteiger partial charge is 0.504 e. The van der Waals surface area contributed by atoms with Gasteiger partial charge in [-0.1, -0.05) is 31.9 Å². The lowest BCUT2D eigenvalue weighted by molar-refractivity contribution is 0.383. The van der Waals surface area contributed by atoms with Crippen molar-refractivity contribution in [2.75, 3.05) is 0 Å². The fourth-order valence-electron chi connectivity index (χ4n) is 1.32. The van der Waals surface area contributed by atoms with Gasteiger partial charge in [-0.15, -0.1) is 0 Å². The molecule has 0 heterocycles. The molecule has 2 N–H and O–H groups in total. The van der Waals surface area contributed by atoms with Gasteiger partial charge in [-0.25, -0.2) is 0 Å². The van der Waals surface area contributed by atoms with Crippen molar-refractivity contribution in [3.63, 3.8) is 0 Å². The van der Waals surface area contributed by atoms with Crippen molar-refractivity contribution in [2.24, 2.45) is 0 Å². The minimum atomic E-state index is -0.0273. The van der Waals surface area contributed by atoms with Crippen LogP contribution in [0.4, 0.5) is 0 Å². The van der Waals surface area contributed by atoms with Gasteiger partial charge in [-0.2, -0.15) is 0 Å². The van der Waals surface area contributed by atoms with Crippen LogP contribution in [0.25, 0.3) is 0 Å². The maximum Gasteiger partial charge on any atom is 0.172 e. The summed E-state index contributed by atoms with van der Waals surface area (Å²) < 4.78 is 7.47. The van der Waals surface area contributed by atoms with E-state index in [4.69, 9.17) is 4.74 Å². The summed E-state index contributed by atoms with van der Waals surface area (Å²) >= 11 is 9.75. The molecule has 3 nitrogen and oxygen atoms in total. The second kappa shape index (κ2) is 5.50. The zero-order valence-electron chi connectivity index (χ0n) is 8.82. The maximum atomic E-state index is 9.85. The quantitative estimate of drug-likeness (QED) is 0.679. The van der Waals surface area contributed by atoms with E-state index in [1.54, 1.807) is 24.3 Å². The van der Waals surface area contributed by atoms with Crippen LogP contribution >= 0.6 is 47.8 Å². The van der Waals surface area contributed by atoms with Gasteiger partial charge in [0.25, 0.3) is 0 Å². The smallest absolute Gasteiger partial charge is 0.172 e. The third-order valence-electron chi connectivity index (χ3n) is 2.13. The van der Waals surface area contributed by atoms with Crippen molar-refractivity contribution < 1.29 is 14.9 Å². The Kier molecular flexibility index (Phi) is 4.19. The van der Waals surface area contributed by atoms with E-state index in [-0.39, 0.29) is 23.0 Å². The predicted octanol–water partition coefficient (Wildman–Crippen LogP) is 5.18. The number of halogens is 3. The predicted molar refractivity (Wildman–Crippen MR) is 79.4 cm³/mol. The Morgan fingerprint density at radius 1 is 0.833 bits per heavy atom. The number of phenols is 2. The van der Waals surface area contributed by atoms with Crippen LogP contribution in [-0.2, 0) is 0 Å². The van der Waals surface area contributed by atoms with Gasteiger partial charge in [-0.05, 0) is 46.3 Å². The van der Waals surface area contributed by atoms with Crippen LogP contribution in [0.15, 0.2) is 43.7 Å². The molecule has 0 aliphatic carbocycles. The molecule has 0 unspecified atom stereocenters. The molecule has 0 atom stereocenters. The highest BCUT2D eigenvalue weighted by Gasteiger charge is 2.12. The van der Waals surface area contributed by atoms with Gasteiger partial charge in [-0.3, -0.25) is 0 Å². The van der Waals surface area contributed by atoms with Crippen molar-refractivity contribution in [2.45, 2.75) is 0 Å². The molecule has 18 heavy (non-hydrogen) atoms. The van der Waals surface area contributed by atoms with Crippen LogP contribution in [0, 0.1) is 0 Å². The van der Waals surface area contributed by atoms with Crippen molar-refractivity contribution >= 4 is 47.8 Å². The van der Waals surface area contributed by atoms with Crippen LogP contribution in [0.5, 0.6) is 23.0 Å². The van der Waals surface area contributed by atoms with E-state index < -0.39 is 0 Å². The Balaban J connectivity index is 2.40. The minimum Gasteiger partial charge on any atom is -0.504 e. The number of ether oxygens (including phenoxy) is 1. The minimum absolute atomic E-state index is 0.0140. The van der Waals surface area contributed by atoms with E-state index in [1.807, 2.05) is 0 Å². The summed E-state index contributed by atoms with van der Waals surface area (Å²) in [7, 11) is 0. The summed E-state index contributed by atoms with van der Waals surface area (Å²) in [5.74, 6) is 0.466. The topological polar surface area (TPSA) is 49.7 Å². The molecule has 94 valence electrons. The monoisotopic (exact) mass is 436 g/mol. The Labute approximate surface area is 129 Å². The molecule has 0 saturated carbocycles. The molecule has 0 amide bonds. The Bertz CT molecular complexity index is 599. The summed E-state index contributed by atoms with van der Waals surface area (Å²) in [5.41, 5.74) is 0. The Hall–Kier alpha value is -0.720. The van der Waals surface area contributed by atoms with Gasteiger partial charge in [0.05, 0.1) is 4.47 Å². The Morgan fingerprint density at radius 3 is 2.22 bits per heavy atom. The number of aromatic hydroxyl groups is 2. The molecule has 0 aliphatic heterocycles. The fraction of sp³-hybridized carbons (Fsp3) is 0. The van der Waals surface area contributed by atoms with E-state index in [2.05, 4.69) is 47.8 Å². The number of phenolic OH excluding ortho intramolecular Hbond substituents is 2. The first-order chi connectivity index (χ1) is 8.47. The molecule has 0 aliphatic rings. The lowest BCUT2D eigenvalue weighted by Gasteiger charge is -2.10. The Morgan fingerprint density at radius 2 is 1.56 bits per heavy atom. The van der Waals surface area contributed by atoms with E-state index in [0.717, 1.165) is 8.95 Å². The molecule has 0 saturated heterocycles. The summed E-state index contributed by atoms with van der Waals surface area (Å²) in [6.45, 7) is 0. The van der Waals surface area contributed by atoms with Gasteiger partial charge < -0.3 is 14.9 Å². The average Bonchev–Trinajstić information content (AvgIpc) is 2.29. The van der Waals surface area contributed by atoms with E-state index >= 15 is 0 Å². The van der Waals surface area contributed by atoms with Crippen LogP contribution < -0.4 is 4.74 Å². The molecule has 6 heteroatoms. The van der Waals surface area contributed by atoms with E-state index in [1.165, 1.54) is 6.07 Å². The highest BCUT2D eigenvalue weighted by Crippen LogP contribution is 2.41. The standard InChI is InChI=1S/C12H7Br3O3/c13-6-1-2-10(9(16)4-6)18-11-5-7(14)3-8(15)12(11)17/h1-5,16-17H. The van der Waals surface area contributed by atoms with Crippen molar-refractivity contribution in [1.29, 1.82) is 0 Å². The first kappa shape index (κ1) is 13.7. The first-order valence-electron chi connectivity index (χ1n) is 4.82. The average molecular weight is 439 g/mol. The van der Waals surface area contributed by atoms with Crippen LogP contribution in [0.1, 0.15) is 0 Å². The highest BCUT2D eigenvalue weighted by atomic mass is 79.9. The van der Waals surface area contributed by atoms with Crippen LogP contribution in [-0.4, -0.2) is 10.2 Å². The number of benzene rings is 2. The molecule has 0 aromatic heterocycles. The summed E-state index contributed by atoms with van der Waals surface area (Å²) in [6.07, 6.45) is 0. The number of hydrogen-bond acceptors (Lipinski definition) is 3. The van der Waals surface area contributed by atoms with Gasteiger partial charge in [0.15, 0.2) is 23.0 Å². The molecule has 2 aromatic carbocycles. The normalized spacial score (nSPS) is 10.4. The van der Waals surface area contributed by atoms with E-state index in [9.17, 15) is 10.2 Å². The fourth-order valence-corrected chi connectivity index (χ4v) is 2.85. The summed E-state index contributed by atoms with van der Waals surface area (Å²) in [5, 5.41) is 19.6. The lowest BCUT2D eigenvalue weighted by atomic mass is 10.3. The van der Waals surface area contributed by atoms with Gasteiger partial charge in [0, 0.05) is 8.95 Å². The van der Waals surface area contributed by atoms with Crippen molar-refractivity contribution in [3.05, 3.63) is 43.7 Å². The van der Waals surface area contributed by atoms with E-state index in [0.29, 0.717) is 4.47 Å². The third kappa shape index (κ3) is 2.99. The van der Waals surface area contributed by atoms with Crippen LogP contribution in [0.3, 0.4) is 0 Å². The lowest BCUT2D eigenvalue weighted by Crippen LogP contribution is -1.87. The molecular weight excluding hydrogens is 432 g/mol. The highest BCUT2D eigenvalue weighted by molar-refractivity contribution is 9.11. The molecule has 0 fully saturated rings. The zero-order valence-corrected chi connectivity index (χ0v) is 13.6. The second-order valence-corrected chi connectivity index (χ2v) is 6.13. The number of hydrogen-bond donors (Lipinski definition) is 2. The molecule has 0 bridgehead atoms. The molecule has 0 spiro atoms. The second-order valence-electron chi connectivity index (χ2n) is 3.45. The first-order valence-corrected chi connectivity index (χ1v) is 7.19. The maximum absolute atomic E-state index is 9.85. The summed E-state index contributed by atoms with van der Waals surface area (Å²) in [6, 6.07) is 8.16. The SMILES string of the molecule is Oc1cc(Br)ccc1Oc1cc(Br)cc(Br)c1O. The number of rotatable bonds is 2. The molecular formula is C12H7Br3O3. The zero-order chi connectivity index (χ0) is 13.3.